The predicted molar refractivity (Wildman–Crippen MR) is 115 cm³/mol. The highest BCUT2D eigenvalue weighted by atomic mass is 32.2. The zero-order chi connectivity index (χ0) is 20.8. The summed E-state index contributed by atoms with van der Waals surface area (Å²) in [5.41, 5.74) is 4.38. The average Bonchev–Trinajstić information content (AvgIpc) is 3.04. The van der Waals surface area contributed by atoms with E-state index in [0.717, 1.165) is 45.4 Å². The highest BCUT2D eigenvalue weighted by Gasteiger charge is 2.19. The van der Waals surface area contributed by atoms with Gasteiger partial charge in [-0.25, -0.2) is 9.50 Å². The van der Waals surface area contributed by atoms with E-state index in [1.165, 1.54) is 11.8 Å². The Morgan fingerprint density at radius 3 is 2.79 bits per heavy atom. The van der Waals surface area contributed by atoms with Crippen molar-refractivity contribution >= 4 is 23.3 Å². The minimum atomic E-state index is -0.0115. The third-order valence-electron chi connectivity index (χ3n) is 4.43. The van der Waals surface area contributed by atoms with Gasteiger partial charge in [0.25, 0.3) is 0 Å². The Kier molecular flexibility index (Phi) is 7.11. The SMILES string of the molecule is COCCCNC(=O)CSc1cc(C)nc2c(-c3ccccc3OC)c(C)nn12. The number of para-hydroxylation sites is 1. The number of fused-ring (bicyclic) bond motifs is 1. The molecule has 2 aromatic heterocycles. The Morgan fingerprint density at radius 1 is 1.24 bits per heavy atom. The van der Waals surface area contributed by atoms with Crippen LogP contribution in [0.1, 0.15) is 17.8 Å². The molecule has 0 aliphatic carbocycles. The van der Waals surface area contributed by atoms with Crippen molar-refractivity contribution in [2.24, 2.45) is 0 Å². The van der Waals surface area contributed by atoms with Gasteiger partial charge in [-0.05, 0) is 32.4 Å². The summed E-state index contributed by atoms with van der Waals surface area (Å²) in [4.78, 5) is 16.9. The molecule has 0 saturated carbocycles. The first kappa shape index (κ1) is 21.1. The molecule has 0 aliphatic heterocycles. The number of nitrogens with one attached hydrogen (secondary N) is 1. The maximum Gasteiger partial charge on any atom is 0.230 e. The fourth-order valence-electron chi connectivity index (χ4n) is 3.12. The first-order chi connectivity index (χ1) is 14.0. The number of hydrogen-bond acceptors (Lipinski definition) is 6. The van der Waals surface area contributed by atoms with Gasteiger partial charge in [-0.15, -0.1) is 0 Å². The zero-order valence-corrected chi connectivity index (χ0v) is 18.0. The molecule has 0 bridgehead atoms. The molecular formula is C21H26N4O3S. The number of rotatable bonds is 9. The lowest BCUT2D eigenvalue weighted by atomic mass is 10.1. The number of hydrogen-bond donors (Lipinski definition) is 1. The summed E-state index contributed by atoms with van der Waals surface area (Å²) in [5, 5.41) is 8.48. The maximum absolute atomic E-state index is 12.1. The average molecular weight is 415 g/mol. The van der Waals surface area contributed by atoms with Gasteiger partial charge in [0, 0.05) is 31.5 Å². The van der Waals surface area contributed by atoms with Gasteiger partial charge < -0.3 is 14.8 Å². The van der Waals surface area contributed by atoms with Crippen molar-refractivity contribution < 1.29 is 14.3 Å². The lowest BCUT2D eigenvalue weighted by molar-refractivity contribution is -0.118. The van der Waals surface area contributed by atoms with Gasteiger partial charge in [-0.1, -0.05) is 30.0 Å². The Balaban J connectivity index is 1.88. The van der Waals surface area contributed by atoms with Gasteiger partial charge in [0.05, 0.1) is 24.1 Å². The highest BCUT2D eigenvalue weighted by Crippen LogP contribution is 2.35. The van der Waals surface area contributed by atoms with E-state index in [2.05, 4.69) is 5.32 Å². The van der Waals surface area contributed by atoms with Crippen molar-refractivity contribution in [2.75, 3.05) is 33.1 Å². The van der Waals surface area contributed by atoms with Crippen molar-refractivity contribution in [3.8, 4) is 16.9 Å². The number of carbonyl (C=O) groups excluding carboxylic acids is 1. The second kappa shape index (κ2) is 9.76. The molecular weight excluding hydrogens is 388 g/mol. The molecule has 1 amide bonds. The minimum Gasteiger partial charge on any atom is -0.496 e. The fraction of sp³-hybridized carbons (Fsp3) is 0.381. The van der Waals surface area contributed by atoms with Crippen molar-refractivity contribution in [1.29, 1.82) is 0 Å². The molecule has 0 aliphatic rings. The highest BCUT2D eigenvalue weighted by molar-refractivity contribution is 7.99. The van der Waals surface area contributed by atoms with E-state index >= 15 is 0 Å². The molecule has 1 N–H and O–H groups in total. The van der Waals surface area contributed by atoms with Crippen molar-refractivity contribution in [1.82, 2.24) is 19.9 Å². The van der Waals surface area contributed by atoms with Crippen LogP contribution < -0.4 is 10.1 Å². The predicted octanol–water partition coefficient (Wildman–Crippen LogP) is 3.27. The number of methoxy groups -OCH3 is 2. The van der Waals surface area contributed by atoms with Gasteiger partial charge in [0.2, 0.25) is 5.91 Å². The maximum atomic E-state index is 12.1. The van der Waals surface area contributed by atoms with E-state index in [1.54, 1.807) is 14.2 Å². The molecule has 0 spiro atoms. The molecule has 0 unspecified atom stereocenters. The van der Waals surface area contributed by atoms with Crippen LogP contribution in [0.5, 0.6) is 5.75 Å². The van der Waals surface area contributed by atoms with Crippen LogP contribution in [0.4, 0.5) is 0 Å². The molecule has 29 heavy (non-hydrogen) atoms. The van der Waals surface area contributed by atoms with Crippen LogP contribution in [-0.2, 0) is 9.53 Å². The van der Waals surface area contributed by atoms with Crippen molar-refractivity contribution in [3.63, 3.8) is 0 Å². The van der Waals surface area contributed by atoms with Crippen LogP contribution in [0, 0.1) is 13.8 Å². The number of aromatic nitrogens is 3. The van der Waals surface area contributed by atoms with Crippen LogP contribution in [0.15, 0.2) is 35.4 Å². The fourth-order valence-corrected chi connectivity index (χ4v) is 4.00. The lowest BCUT2D eigenvalue weighted by Gasteiger charge is -2.09. The summed E-state index contributed by atoms with van der Waals surface area (Å²) in [7, 11) is 3.31. The summed E-state index contributed by atoms with van der Waals surface area (Å²) in [6, 6.07) is 9.80. The molecule has 0 saturated heterocycles. The standard InChI is InChI=1S/C21H26N4O3S/c1-14-12-19(29-13-18(26)22-10-7-11-27-3)25-21(23-14)20(15(2)24-25)16-8-5-6-9-17(16)28-4/h5-6,8-9,12H,7,10-11,13H2,1-4H3,(H,22,26). The van der Waals surface area contributed by atoms with E-state index in [-0.39, 0.29) is 5.91 Å². The third kappa shape index (κ3) is 4.89. The molecule has 0 fully saturated rings. The van der Waals surface area contributed by atoms with Gasteiger partial charge in [0.15, 0.2) is 5.65 Å². The Morgan fingerprint density at radius 2 is 2.03 bits per heavy atom. The van der Waals surface area contributed by atoms with E-state index in [0.29, 0.717) is 18.9 Å². The van der Waals surface area contributed by atoms with Gasteiger partial charge in [0.1, 0.15) is 10.8 Å². The summed E-state index contributed by atoms with van der Waals surface area (Å²) in [6.45, 7) is 5.15. The van der Waals surface area contributed by atoms with Gasteiger partial charge >= 0.3 is 0 Å². The number of thioether (sulfide) groups is 1. The summed E-state index contributed by atoms with van der Waals surface area (Å²) >= 11 is 1.45. The first-order valence-electron chi connectivity index (χ1n) is 9.44. The first-order valence-corrected chi connectivity index (χ1v) is 10.4. The van der Waals surface area contributed by atoms with E-state index in [4.69, 9.17) is 19.6 Å². The molecule has 2 heterocycles. The van der Waals surface area contributed by atoms with Crippen LogP contribution in [0.3, 0.4) is 0 Å². The molecule has 8 heteroatoms. The number of amides is 1. The smallest absolute Gasteiger partial charge is 0.230 e. The second-order valence-corrected chi connectivity index (χ2v) is 7.61. The lowest BCUT2D eigenvalue weighted by Crippen LogP contribution is -2.26. The number of nitrogens with zero attached hydrogens (tertiary/aromatic N) is 3. The Bertz CT molecular complexity index is 1000. The number of ether oxygens (including phenoxy) is 2. The second-order valence-electron chi connectivity index (χ2n) is 6.62. The minimum absolute atomic E-state index is 0.0115. The normalized spacial score (nSPS) is 11.0. The van der Waals surface area contributed by atoms with E-state index in [1.807, 2.05) is 48.7 Å². The zero-order valence-electron chi connectivity index (χ0n) is 17.2. The topological polar surface area (TPSA) is 77.8 Å². The van der Waals surface area contributed by atoms with Crippen LogP contribution in [0.2, 0.25) is 0 Å². The van der Waals surface area contributed by atoms with Gasteiger partial charge in [-0.2, -0.15) is 5.10 Å². The molecule has 1 aromatic carbocycles. The van der Waals surface area contributed by atoms with Crippen LogP contribution in [-0.4, -0.2) is 53.6 Å². The van der Waals surface area contributed by atoms with Crippen LogP contribution >= 0.6 is 11.8 Å². The molecule has 7 nitrogen and oxygen atoms in total. The third-order valence-corrected chi connectivity index (χ3v) is 5.43. The monoisotopic (exact) mass is 414 g/mol. The van der Waals surface area contributed by atoms with E-state index < -0.39 is 0 Å². The Labute approximate surface area is 174 Å². The summed E-state index contributed by atoms with van der Waals surface area (Å²) in [5.74, 6) is 1.08. The molecule has 0 radical (unpaired) electrons. The summed E-state index contributed by atoms with van der Waals surface area (Å²) in [6.07, 6.45) is 0.798. The van der Waals surface area contributed by atoms with Crippen molar-refractivity contribution in [3.05, 3.63) is 41.7 Å². The number of benzene rings is 1. The van der Waals surface area contributed by atoms with Crippen LogP contribution in [0.25, 0.3) is 16.8 Å². The molecule has 3 aromatic rings. The number of carbonyl (C=O) groups is 1. The molecule has 3 rings (SSSR count). The number of aryl methyl sites for hydroxylation is 2. The summed E-state index contributed by atoms with van der Waals surface area (Å²) < 4.78 is 12.3. The van der Waals surface area contributed by atoms with Crippen molar-refractivity contribution in [2.45, 2.75) is 25.3 Å². The van der Waals surface area contributed by atoms with Gasteiger partial charge in [-0.3, -0.25) is 4.79 Å². The molecule has 154 valence electrons. The Hall–Kier alpha value is -2.58. The van der Waals surface area contributed by atoms with E-state index in [9.17, 15) is 4.79 Å². The largest absolute Gasteiger partial charge is 0.496 e. The molecule has 0 atom stereocenters. The quantitative estimate of drug-likeness (QED) is 0.329.